The van der Waals surface area contributed by atoms with Crippen molar-refractivity contribution in [1.82, 2.24) is 10.3 Å². The molecule has 20 heavy (non-hydrogen) atoms. The highest BCUT2D eigenvalue weighted by molar-refractivity contribution is 9.10. The maximum absolute atomic E-state index is 12.2. The molecule has 1 aromatic heterocycles. The highest BCUT2D eigenvalue weighted by atomic mass is 79.9. The average Bonchev–Trinajstić information content (AvgIpc) is 2.50. The lowest BCUT2D eigenvalue weighted by Gasteiger charge is -2.10. The summed E-state index contributed by atoms with van der Waals surface area (Å²) in [5.74, 6) is -0.679. The van der Waals surface area contributed by atoms with Gasteiger partial charge in [0, 0.05) is 18.1 Å². The molecule has 0 spiro atoms. The fourth-order valence-electron chi connectivity index (χ4n) is 1.78. The molecule has 0 aliphatic carbocycles. The lowest BCUT2D eigenvalue weighted by molar-refractivity contribution is -0.139. The number of carbonyl (C=O) groups is 2. The first-order valence-electron chi connectivity index (χ1n) is 5.97. The van der Waals surface area contributed by atoms with Crippen LogP contribution < -0.4 is 5.32 Å². The molecule has 0 saturated carbocycles. The summed E-state index contributed by atoms with van der Waals surface area (Å²) in [7, 11) is 1.30. The van der Waals surface area contributed by atoms with Crippen LogP contribution in [0, 0.1) is 0 Å². The van der Waals surface area contributed by atoms with Gasteiger partial charge in [0.2, 0.25) is 0 Å². The van der Waals surface area contributed by atoms with E-state index < -0.39 is 10.8 Å². The third kappa shape index (κ3) is 3.14. The predicted molar refractivity (Wildman–Crippen MR) is 78.8 cm³/mol. The number of nitrogens with one attached hydrogen (secondary N) is 1. The maximum atomic E-state index is 12.2. The third-order valence-electron chi connectivity index (χ3n) is 2.79. The highest BCUT2D eigenvalue weighted by Crippen LogP contribution is 2.16. The van der Waals surface area contributed by atoms with Crippen molar-refractivity contribution in [2.24, 2.45) is 0 Å². The van der Waals surface area contributed by atoms with E-state index in [9.17, 15) is 9.59 Å². The molecule has 1 atom stereocenters. The van der Waals surface area contributed by atoms with Crippen LogP contribution >= 0.6 is 15.9 Å². The molecule has 0 bridgehead atoms. The fourth-order valence-corrected chi connectivity index (χ4v) is 2.13. The van der Waals surface area contributed by atoms with E-state index in [4.69, 9.17) is 0 Å². The Morgan fingerprint density at radius 3 is 2.85 bits per heavy atom. The van der Waals surface area contributed by atoms with Gasteiger partial charge in [0.1, 0.15) is 4.83 Å². The van der Waals surface area contributed by atoms with Crippen molar-refractivity contribution < 1.29 is 14.3 Å². The molecule has 1 heterocycles. The highest BCUT2D eigenvalue weighted by Gasteiger charge is 2.17. The number of halogens is 1. The zero-order valence-corrected chi connectivity index (χ0v) is 12.4. The summed E-state index contributed by atoms with van der Waals surface area (Å²) in [6, 6.07) is 9.04. The molecule has 1 amide bonds. The second kappa shape index (κ2) is 6.47. The molecule has 0 aliphatic rings. The van der Waals surface area contributed by atoms with E-state index in [0.717, 1.165) is 10.9 Å². The van der Waals surface area contributed by atoms with Crippen LogP contribution in [0.25, 0.3) is 10.9 Å². The molecule has 1 unspecified atom stereocenters. The van der Waals surface area contributed by atoms with Crippen molar-refractivity contribution in [2.75, 3.05) is 13.7 Å². The van der Waals surface area contributed by atoms with E-state index >= 15 is 0 Å². The number of fused-ring (bicyclic) bond motifs is 1. The molecule has 2 rings (SSSR count). The molecule has 6 heteroatoms. The minimum atomic E-state index is -0.565. The van der Waals surface area contributed by atoms with E-state index in [1.807, 2.05) is 24.3 Å². The Bertz CT molecular complexity index is 640. The van der Waals surface area contributed by atoms with Crippen molar-refractivity contribution in [3.63, 3.8) is 0 Å². The molecule has 0 radical (unpaired) electrons. The Hall–Kier alpha value is -1.95. The quantitative estimate of drug-likeness (QED) is 0.684. The van der Waals surface area contributed by atoms with Crippen LogP contribution in [0.4, 0.5) is 0 Å². The van der Waals surface area contributed by atoms with Crippen LogP contribution in [0.2, 0.25) is 0 Å². The van der Waals surface area contributed by atoms with E-state index in [1.54, 1.807) is 12.3 Å². The zero-order valence-electron chi connectivity index (χ0n) is 10.8. The second-order valence-corrected chi connectivity index (χ2v) is 5.18. The summed E-state index contributed by atoms with van der Waals surface area (Å²) < 4.78 is 4.57. The van der Waals surface area contributed by atoms with Gasteiger partial charge in [-0.05, 0) is 12.1 Å². The lowest BCUT2D eigenvalue weighted by Crippen LogP contribution is -2.34. The predicted octanol–water partition coefficient (Wildman–Crippen LogP) is 1.90. The summed E-state index contributed by atoms with van der Waals surface area (Å²) in [4.78, 5) is 27.0. The van der Waals surface area contributed by atoms with Gasteiger partial charge in [-0.25, -0.2) is 0 Å². The molecular weight excluding hydrogens is 324 g/mol. The van der Waals surface area contributed by atoms with Crippen LogP contribution in [0.3, 0.4) is 0 Å². The SMILES string of the molecule is COC(=O)C(Br)CNC(=O)c1ccnc2ccccc12. The van der Waals surface area contributed by atoms with Crippen LogP contribution in [0.1, 0.15) is 10.4 Å². The number of esters is 1. The van der Waals surface area contributed by atoms with E-state index in [2.05, 4.69) is 31.0 Å². The summed E-state index contributed by atoms with van der Waals surface area (Å²) in [5.41, 5.74) is 1.28. The van der Waals surface area contributed by atoms with Crippen LogP contribution in [0.5, 0.6) is 0 Å². The van der Waals surface area contributed by atoms with Gasteiger partial charge in [-0.2, -0.15) is 0 Å². The van der Waals surface area contributed by atoms with Crippen LogP contribution in [-0.4, -0.2) is 35.3 Å². The topological polar surface area (TPSA) is 68.3 Å². The number of nitrogens with zero attached hydrogens (tertiary/aromatic N) is 1. The number of benzene rings is 1. The second-order valence-electron chi connectivity index (χ2n) is 4.08. The van der Waals surface area contributed by atoms with Gasteiger partial charge in [0.05, 0.1) is 18.2 Å². The van der Waals surface area contributed by atoms with Crippen LogP contribution in [0.15, 0.2) is 36.5 Å². The Morgan fingerprint density at radius 2 is 2.10 bits per heavy atom. The number of alkyl halides is 1. The summed E-state index contributed by atoms with van der Waals surface area (Å²) in [5, 5.41) is 3.47. The average molecular weight is 337 g/mol. The van der Waals surface area contributed by atoms with Crippen molar-refractivity contribution in [3.05, 3.63) is 42.1 Å². The number of ether oxygens (including phenoxy) is 1. The van der Waals surface area contributed by atoms with Gasteiger partial charge < -0.3 is 10.1 Å². The van der Waals surface area contributed by atoms with Crippen molar-refractivity contribution in [2.45, 2.75) is 4.83 Å². The van der Waals surface area contributed by atoms with Gasteiger partial charge in [-0.15, -0.1) is 0 Å². The molecular formula is C14H13BrN2O3. The molecule has 5 nitrogen and oxygen atoms in total. The van der Waals surface area contributed by atoms with Gasteiger partial charge in [-0.1, -0.05) is 34.1 Å². The summed E-state index contributed by atoms with van der Waals surface area (Å²) in [6.45, 7) is 0.155. The molecule has 1 N–H and O–H groups in total. The van der Waals surface area contributed by atoms with Crippen LogP contribution in [-0.2, 0) is 9.53 Å². The first kappa shape index (κ1) is 14.5. The maximum Gasteiger partial charge on any atom is 0.321 e. The molecule has 2 aromatic rings. The Labute approximate surface area is 124 Å². The van der Waals surface area contributed by atoms with Gasteiger partial charge >= 0.3 is 5.97 Å². The first-order chi connectivity index (χ1) is 9.63. The summed E-state index contributed by atoms with van der Waals surface area (Å²) >= 11 is 3.15. The largest absolute Gasteiger partial charge is 0.468 e. The van der Waals surface area contributed by atoms with Gasteiger partial charge in [0.25, 0.3) is 5.91 Å². The first-order valence-corrected chi connectivity index (χ1v) is 6.89. The number of amides is 1. The minimum Gasteiger partial charge on any atom is -0.468 e. The minimum absolute atomic E-state index is 0.155. The number of aromatic nitrogens is 1. The zero-order chi connectivity index (χ0) is 14.5. The molecule has 1 aromatic carbocycles. The number of pyridine rings is 1. The number of hydrogen-bond acceptors (Lipinski definition) is 4. The van der Waals surface area contributed by atoms with Gasteiger partial charge in [-0.3, -0.25) is 14.6 Å². The summed E-state index contributed by atoms with van der Waals surface area (Å²) in [6.07, 6.45) is 1.59. The Kier molecular flexibility index (Phi) is 4.68. The van der Waals surface area contributed by atoms with E-state index in [0.29, 0.717) is 5.56 Å². The van der Waals surface area contributed by atoms with Crippen molar-refractivity contribution >= 4 is 38.7 Å². The number of methoxy groups -OCH3 is 1. The van der Waals surface area contributed by atoms with Gasteiger partial charge in [0.15, 0.2) is 0 Å². The number of carbonyl (C=O) groups excluding carboxylic acids is 2. The number of para-hydroxylation sites is 1. The molecule has 0 aliphatic heterocycles. The number of hydrogen-bond donors (Lipinski definition) is 1. The van der Waals surface area contributed by atoms with E-state index in [1.165, 1.54) is 7.11 Å². The molecule has 0 saturated heterocycles. The lowest BCUT2D eigenvalue weighted by atomic mass is 10.1. The molecule has 0 fully saturated rings. The smallest absolute Gasteiger partial charge is 0.321 e. The Balaban J connectivity index is 2.14. The Morgan fingerprint density at radius 1 is 1.35 bits per heavy atom. The van der Waals surface area contributed by atoms with Crippen molar-refractivity contribution in [1.29, 1.82) is 0 Å². The fraction of sp³-hybridized carbons (Fsp3) is 0.214. The standard InChI is InChI=1S/C14H13BrN2O3/c1-20-14(19)11(15)8-17-13(18)10-6-7-16-12-5-3-2-4-9(10)12/h2-7,11H,8H2,1H3,(H,17,18). The van der Waals surface area contributed by atoms with E-state index in [-0.39, 0.29) is 12.5 Å². The third-order valence-corrected chi connectivity index (χ3v) is 3.49. The molecule has 104 valence electrons. The van der Waals surface area contributed by atoms with Crippen molar-refractivity contribution in [3.8, 4) is 0 Å². The number of rotatable bonds is 4. The normalized spacial score (nSPS) is 11.9. The monoisotopic (exact) mass is 336 g/mol.